The lowest BCUT2D eigenvalue weighted by Crippen LogP contribution is -2.40. The Balaban J connectivity index is 1.99. The van der Waals surface area contributed by atoms with Crippen molar-refractivity contribution in [1.29, 1.82) is 0 Å². The van der Waals surface area contributed by atoms with Gasteiger partial charge in [-0.3, -0.25) is 14.4 Å². The Bertz CT molecular complexity index is 535. The summed E-state index contributed by atoms with van der Waals surface area (Å²) < 4.78 is 0. The molecule has 1 aromatic rings. The molecule has 21 heavy (non-hydrogen) atoms. The second kappa shape index (κ2) is 7.12. The number of hydrogen-bond acceptors (Lipinski definition) is 4. The van der Waals surface area contributed by atoms with Gasteiger partial charge in [-0.1, -0.05) is 30.3 Å². The topological polar surface area (TPSA) is 86.7 Å². The minimum Gasteiger partial charge on any atom is -0.481 e. The van der Waals surface area contributed by atoms with Gasteiger partial charge in [-0.25, -0.2) is 0 Å². The molecule has 0 spiro atoms. The quantitative estimate of drug-likeness (QED) is 0.813. The molecule has 0 unspecified atom stereocenters. The molecule has 0 radical (unpaired) electrons. The van der Waals surface area contributed by atoms with Gasteiger partial charge in [-0.2, -0.15) is 0 Å². The smallest absolute Gasteiger partial charge is 0.305 e. The predicted molar refractivity (Wildman–Crippen MR) is 78.6 cm³/mol. The molecule has 1 saturated heterocycles. The van der Waals surface area contributed by atoms with Crippen molar-refractivity contribution in [3.05, 3.63) is 35.9 Å². The Morgan fingerprint density at radius 1 is 1.33 bits per heavy atom. The van der Waals surface area contributed by atoms with E-state index in [1.807, 2.05) is 6.07 Å². The minimum atomic E-state index is -0.989. The fourth-order valence-electron chi connectivity index (χ4n) is 2.07. The first-order chi connectivity index (χ1) is 10.1. The largest absolute Gasteiger partial charge is 0.481 e. The van der Waals surface area contributed by atoms with Crippen LogP contribution < -0.4 is 5.32 Å². The van der Waals surface area contributed by atoms with Crippen LogP contribution in [-0.2, 0) is 14.4 Å². The second-order valence-electron chi connectivity index (χ2n) is 4.70. The summed E-state index contributed by atoms with van der Waals surface area (Å²) in [4.78, 5) is 35.9. The summed E-state index contributed by atoms with van der Waals surface area (Å²) in [6.07, 6.45) is -0.196. The first kappa shape index (κ1) is 15.4. The third-order valence-corrected chi connectivity index (χ3v) is 4.02. The molecule has 1 atom stereocenters. The number of amides is 2. The zero-order valence-corrected chi connectivity index (χ0v) is 12.1. The Morgan fingerprint density at radius 2 is 2.05 bits per heavy atom. The van der Waals surface area contributed by atoms with E-state index >= 15 is 0 Å². The summed E-state index contributed by atoms with van der Waals surface area (Å²) in [5.41, 5.74) is 0.732. The lowest BCUT2D eigenvalue weighted by Gasteiger charge is -2.20. The first-order valence-corrected chi connectivity index (χ1v) is 7.63. The summed E-state index contributed by atoms with van der Waals surface area (Å²) in [6, 6.07) is 8.34. The summed E-state index contributed by atoms with van der Waals surface area (Å²) >= 11 is 1.46. The maximum Gasteiger partial charge on any atom is 0.305 e. The van der Waals surface area contributed by atoms with E-state index in [2.05, 4.69) is 5.32 Å². The third kappa shape index (κ3) is 4.49. The molecule has 7 heteroatoms. The highest BCUT2D eigenvalue weighted by molar-refractivity contribution is 8.00. The molecule has 0 saturated carbocycles. The van der Waals surface area contributed by atoms with E-state index in [-0.39, 0.29) is 24.8 Å². The van der Waals surface area contributed by atoms with Crippen LogP contribution in [0.5, 0.6) is 0 Å². The van der Waals surface area contributed by atoms with Gasteiger partial charge in [-0.15, -0.1) is 11.8 Å². The summed E-state index contributed by atoms with van der Waals surface area (Å²) in [5, 5.41) is 11.7. The van der Waals surface area contributed by atoms with Gasteiger partial charge >= 0.3 is 5.97 Å². The highest BCUT2D eigenvalue weighted by atomic mass is 32.2. The fourth-order valence-corrected chi connectivity index (χ4v) is 2.97. The average Bonchev–Trinajstić information content (AvgIpc) is 2.84. The van der Waals surface area contributed by atoms with E-state index in [9.17, 15) is 14.4 Å². The number of nitrogens with one attached hydrogen (secondary N) is 1. The van der Waals surface area contributed by atoms with Crippen molar-refractivity contribution in [2.45, 2.75) is 12.5 Å². The SMILES string of the molecule is O=C(O)C[C@H](NC(=O)CN1CSCC1=O)c1ccccc1. The maximum atomic E-state index is 12.0. The highest BCUT2D eigenvalue weighted by Crippen LogP contribution is 2.18. The third-order valence-electron chi connectivity index (χ3n) is 3.08. The van der Waals surface area contributed by atoms with Crippen LogP contribution in [0.15, 0.2) is 30.3 Å². The van der Waals surface area contributed by atoms with Crippen molar-refractivity contribution in [3.63, 3.8) is 0 Å². The number of carbonyl (C=O) groups is 3. The number of carbonyl (C=O) groups excluding carboxylic acids is 2. The van der Waals surface area contributed by atoms with Crippen LogP contribution >= 0.6 is 11.8 Å². The number of rotatable bonds is 6. The van der Waals surface area contributed by atoms with Crippen LogP contribution in [0.2, 0.25) is 0 Å². The zero-order chi connectivity index (χ0) is 15.2. The maximum absolute atomic E-state index is 12.0. The van der Waals surface area contributed by atoms with Crippen molar-refractivity contribution >= 4 is 29.5 Å². The van der Waals surface area contributed by atoms with Crippen molar-refractivity contribution in [2.75, 3.05) is 18.2 Å². The number of carboxylic acid groups (broad SMARTS) is 1. The van der Waals surface area contributed by atoms with Crippen LogP contribution in [0.3, 0.4) is 0 Å². The van der Waals surface area contributed by atoms with Crippen LogP contribution in [0.4, 0.5) is 0 Å². The number of aliphatic carboxylic acids is 1. The Hall–Kier alpha value is -2.02. The van der Waals surface area contributed by atoms with Crippen LogP contribution in [0.25, 0.3) is 0 Å². The predicted octanol–water partition coefficient (Wildman–Crippen LogP) is 0.851. The highest BCUT2D eigenvalue weighted by Gasteiger charge is 2.25. The van der Waals surface area contributed by atoms with Crippen LogP contribution in [0, 0.1) is 0 Å². The lowest BCUT2D eigenvalue weighted by atomic mass is 10.0. The molecule has 1 aromatic carbocycles. The molecule has 2 N–H and O–H groups in total. The van der Waals surface area contributed by atoms with Crippen LogP contribution in [-0.4, -0.2) is 46.0 Å². The van der Waals surface area contributed by atoms with Gasteiger partial charge < -0.3 is 15.3 Å². The van der Waals surface area contributed by atoms with E-state index in [0.29, 0.717) is 11.6 Å². The molecular weight excluding hydrogens is 292 g/mol. The molecule has 0 aliphatic carbocycles. The molecular formula is C14H16N2O4S. The lowest BCUT2D eigenvalue weighted by molar-refractivity contribution is -0.138. The average molecular weight is 308 g/mol. The number of carboxylic acids is 1. The summed E-state index contributed by atoms with van der Waals surface area (Å²) in [6.45, 7) is -0.0330. The molecule has 2 rings (SSSR count). The molecule has 0 aromatic heterocycles. The summed E-state index contributed by atoms with van der Waals surface area (Å²) in [7, 11) is 0. The van der Waals surface area contributed by atoms with Gasteiger partial charge in [0.2, 0.25) is 11.8 Å². The zero-order valence-electron chi connectivity index (χ0n) is 11.3. The van der Waals surface area contributed by atoms with Gasteiger partial charge in [0.15, 0.2) is 0 Å². The van der Waals surface area contributed by atoms with Crippen molar-refractivity contribution in [2.24, 2.45) is 0 Å². The molecule has 112 valence electrons. The van der Waals surface area contributed by atoms with Gasteiger partial charge in [0, 0.05) is 0 Å². The molecule has 6 nitrogen and oxygen atoms in total. The van der Waals surface area contributed by atoms with E-state index < -0.39 is 12.0 Å². The van der Waals surface area contributed by atoms with Crippen molar-refractivity contribution in [3.8, 4) is 0 Å². The van der Waals surface area contributed by atoms with Gasteiger partial charge in [-0.05, 0) is 5.56 Å². The number of nitrogens with zero attached hydrogens (tertiary/aromatic N) is 1. The van der Waals surface area contributed by atoms with Crippen molar-refractivity contribution < 1.29 is 19.5 Å². The molecule has 1 heterocycles. The minimum absolute atomic E-state index is 0.0330. The van der Waals surface area contributed by atoms with E-state index in [0.717, 1.165) is 5.56 Å². The van der Waals surface area contributed by atoms with Crippen LogP contribution in [0.1, 0.15) is 18.0 Å². The monoisotopic (exact) mass is 308 g/mol. The number of hydrogen-bond donors (Lipinski definition) is 2. The van der Waals surface area contributed by atoms with Gasteiger partial charge in [0.1, 0.15) is 6.54 Å². The second-order valence-corrected chi connectivity index (χ2v) is 5.65. The van der Waals surface area contributed by atoms with Gasteiger partial charge in [0.05, 0.1) is 24.1 Å². The Morgan fingerprint density at radius 3 is 2.62 bits per heavy atom. The summed E-state index contributed by atoms with van der Waals surface area (Å²) in [5.74, 6) is -0.506. The number of thioether (sulfide) groups is 1. The molecule has 1 fully saturated rings. The normalized spacial score (nSPS) is 15.8. The Kier molecular flexibility index (Phi) is 5.21. The van der Waals surface area contributed by atoms with Crippen molar-refractivity contribution in [1.82, 2.24) is 10.2 Å². The number of benzene rings is 1. The standard InChI is InChI=1S/C14H16N2O4S/c17-12(7-16-9-21-8-13(16)18)15-11(6-14(19)20)10-4-2-1-3-5-10/h1-5,11H,6-9H2,(H,15,17)(H,19,20)/t11-/m0/s1. The first-order valence-electron chi connectivity index (χ1n) is 6.48. The molecule has 2 amide bonds. The fraction of sp³-hybridized carbons (Fsp3) is 0.357. The molecule has 0 bridgehead atoms. The Labute approximate surface area is 126 Å². The van der Waals surface area contributed by atoms with E-state index in [1.54, 1.807) is 24.3 Å². The van der Waals surface area contributed by atoms with Gasteiger partial charge in [0.25, 0.3) is 0 Å². The molecule has 1 aliphatic heterocycles. The van der Waals surface area contributed by atoms with E-state index in [4.69, 9.17) is 5.11 Å². The molecule has 1 aliphatic rings. The van der Waals surface area contributed by atoms with E-state index in [1.165, 1.54) is 16.7 Å².